The second-order valence-corrected chi connectivity index (χ2v) is 10.7. The van der Waals surface area contributed by atoms with Gasteiger partial charge < -0.3 is 14.6 Å². The third kappa shape index (κ3) is 8.92. The van der Waals surface area contributed by atoms with E-state index in [-0.39, 0.29) is 0 Å². The molecule has 0 fully saturated rings. The molecule has 3 heterocycles. The van der Waals surface area contributed by atoms with E-state index in [1.54, 1.807) is 13.8 Å². The maximum absolute atomic E-state index is 12.5. The highest BCUT2D eigenvalue weighted by Crippen LogP contribution is 2.22. The van der Waals surface area contributed by atoms with E-state index < -0.39 is 24.7 Å². The molecule has 0 atom stereocenters. The number of carboxylic acid groups (broad SMARTS) is 1. The largest absolute Gasteiger partial charge is 0.478 e. The summed E-state index contributed by atoms with van der Waals surface area (Å²) in [6.45, 7) is 25.7. The van der Waals surface area contributed by atoms with Crippen LogP contribution < -0.4 is 0 Å². The zero-order chi connectivity index (χ0) is 33.3. The van der Waals surface area contributed by atoms with Crippen molar-refractivity contribution in [3.63, 3.8) is 0 Å². The topological polar surface area (TPSA) is 129 Å². The van der Waals surface area contributed by atoms with E-state index in [0.717, 1.165) is 67.5 Å². The summed E-state index contributed by atoms with van der Waals surface area (Å²) in [5.41, 5.74) is 10.6. The van der Waals surface area contributed by atoms with Crippen LogP contribution in [-0.2, 0) is 9.47 Å². The molecule has 3 rings (SSSR count). The van der Waals surface area contributed by atoms with Crippen molar-refractivity contribution in [1.82, 2.24) is 15.0 Å². The number of hydrogen-bond acceptors (Lipinski definition) is 8. The van der Waals surface area contributed by atoms with Crippen molar-refractivity contribution < 1.29 is 29.0 Å². The molecule has 0 unspecified atom stereocenters. The summed E-state index contributed by atoms with van der Waals surface area (Å²) < 4.78 is 10.4. The molecule has 0 saturated heterocycles. The first kappa shape index (κ1) is 36.9. The summed E-state index contributed by atoms with van der Waals surface area (Å²) in [6.07, 6.45) is 1.25. The summed E-state index contributed by atoms with van der Waals surface area (Å²) in [5.74, 6) is -1.92. The lowest BCUT2D eigenvalue weighted by atomic mass is 10.0. The number of aromatic nitrogens is 3. The Kier molecular flexibility index (Phi) is 13.6. The number of carbonyl (C=O) groups is 3. The van der Waals surface area contributed by atoms with E-state index in [9.17, 15) is 14.4 Å². The average Bonchev–Trinajstić information content (AvgIpc) is 2.91. The number of esters is 2. The number of nitrogens with zero attached hydrogens (tertiary/aromatic N) is 3. The van der Waals surface area contributed by atoms with Crippen molar-refractivity contribution in [2.45, 2.75) is 103 Å². The van der Waals surface area contributed by atoms with Crippen LogP contribution in [0.2, 0.25) is 0 Å². The van der Waals surface area contributed by atoms with Gasteiger partial charge in [-0.15, -0.1) is 0 Å². The van der Waals surface area contributed by atoms with E-state index >= 15 is 0 Å². The number of carbonyl (C=O) groups excluding carboxylic acids is 2. The van der Waals surface area contributed by atoms with Gasteiger partial charge in [0.15, 0.2) is 0 Å². The number of rotatable bonds is 5. The van der Waals surface area contributed by atoms with Crippen molar-refractivity contribution in [2.75, 3.05) is 6.79 Å². The Labute approximate surface area is 256 Å². The SMILES string of the molecule is CCC.Cc1nc(C)c(C)c(C(=O)O)c1C.Cc1nc(C)c(C)c(C(=O)OCOC(=O)c2c(C)c(C)nc(C)c2C)c1C. The first-order chi connectivity index (χ1) is 19.9. The van der Waals surface area contributed by atoms with Gasteiger partial charge in [-0.1, -0.05) is 20.3 Å². The van der Waals surface area contributed by atoms with E-state index in [1.165, 1.54) is 6.42 Å². The van der Waals surface area contributed by atoms with Crippen LogP contribution in [0.3, 0.4) is 0 Å². The summed E-state index contributed by atoms with van der Waals surface area (Å²) in [7, 11) is 0. The van der Waals surface area contributed by atoms with Crippen molar-refractivity contribution in [2.24, 2.45) is 0 Å². The molecule has 234 valence electrons. The van der Waals surface area contributed by atoms with Crippen LogP contribution in [0.5, 0.6) is 0 Å². The summed E-state index contributed by atoms with van der Waals surface area (Å²) in [4.78, 5) is 49.0. The zero-order valence-electron chi connectivity index (χ0n) is 28.2. The summed E-state index contributed by atoms with van der Waals surface area (Å²) in [6, 6.07) is 0. The minimum Gasteiger partial charge on any atom is -0.478 e. The van der Waals surface area contributed by atoms with Crippen LogP contribution in [0.25, 0.3) is 0 Å². The van der Waals surface area contributed by atoms with E-state index in [0.29, 0.717) is 16.7 Å². The third-order valence-electron chi connectivity index (χ3n) is 7.51. The van der Waals surface area contributed by atoms with Crippen LogP contribution in [0.15, 0.2) is 0 Å². The highest BCUT2D eigenvalue weighted by molar-refractivity contribution is 5.94. The second kappa shape index (κ2) is 15.9. The lowest BCUT2D eigenvalue weighted by Crippen LogP contribution is -2.18. The molecular formula is C34H47N3O6. The molecule has 0 bridgehead atoms. The van der Waals surface area contributed by atoms with E-state index in [1.807, 2.05) is 69.2 Å². The van der Waals surface area contributed by atoms with Crippen LogP contribution in [0, 0.1) is 83.1 Å². The Morgan fingerprint density at radius 3 is 0.907 bits per heavy atom. The highest BCUT2D eigenvalue weighted by Gasteiger charge is 2.21. The predicted octanol–water partition coefficient (Wildman–Crippen LogP) is 7.35. The normalized spacial score (nSPS) is 10.2. The quantitative estimate of drug-likeness (QED) is 0.238. The molecule has 9 heteroatoms. The molecule has 0 aliphatic rings. The molecule has 3 aromatic heterocycles. The minimum atomic E-state index is -0.872. The molecule has 0 amide bonds. The Morgan fingerprint density at radius 1 is 0.488 bits per heavy atom. The Balaban J connectivity index is 0.000000480. The van der Waals surface area contributed by atoms with E-state index in [2.05, 4.69) is 28.8 Å². The second-order valence-electron chi connectivity index (χ2n) is 10.7. The number of carboxylic acids is 1. The standard InChI is InChI=1S/C21H26N2O4.C10H13NO2.C3H8/c1-10-14(5)22-15(6)11(2)18(10)20(24)26-9-27-21(25)19-12(3)16(7)23-17(8)13(19)4;1-5-7(3)11-8(4)6(2)9(5)10(12)13;1-3-2/h9H2,1-8H3;1-4H3,(H,12,13);3H2,1-2H3. The predicted molar refractivity (Wildman–Crippen MR) is 168 cm³/mol. The Bertz CT molecular complexity index is 1370. The van der Waals surface area contributed by atoms with E-state index in [4.69, 9.17) is 14.6 Å². The molecule has 9 nitrogen and oxygen atoms in total. The van der Waals surface area contributed by atoms with Gasteiger partial charge in [0.1, 0.15) is 0 Å². The first-order valence-electron chi connectivity index (χ1n) is 14.3. The van der Waals surface area contributed by atoms with Gasteiger partial charge in [-0.3, -0.25) is 15.0 Å². The van der Waals surface area contributed by atoms with Gasteiger partial charge in [-0.2, -0.15) is 0 Å². The molecule has 0 saturated carbocycles. The molecule has 43 heavy (non-hydrogen) atoms. The number of hydrogen-bond donors (Lipinski definition) is 1. The fourth-order valence-electron chi connectivity index (χ4n) is 4.40. The molecule has 0 spiro atoms. The molecule has 0 aromatic carbocycles. The van der Waals surface area contributed by atoms with Crippen molar-refractivity contribution in [3.05, 3.63) is 84.2 Å². The maximum Gasteiger partial charge on any atom is 0.341 e. The molecule has 0 radical (unpaired) electrons. The number of ether oxygens (including phenoxy) is 2. The van der Waals surface area contributed by atoms with Crippen molar-refractivity contribution >= 4 is 17.9 Å². The molecule has 0 aliphatic heterocycles. The van der Waals surface area contributed by atoms with Gasteiger partial charge >= 0.3 is 17.9 Å². The van der Waals surface area contributed by atoms with Gasteiger partial charge in [-0.05, 0) is 116 Å². The van der Waals surface area contributed by atoms with Gasteiger partial charge in [-0.25, -0.2) is 14.4 Å². The van der Waals surface area contributed by atoms with Gasteiger partial charge in [0.05, 0.1) is 16.7 Å². The number of pyridine rings is 3. The fourth-order valence-corrected chi connectivity index (χ4v) is 4.40. The van der Waals surface area contributed by atoms with Crippen molar-refractivity contribution in [1.29, 1.82) is 0 Å². The summed E-state index contributed by atoms with van der Waals surface area (Å²) >= 11 is 0. The number of aromatic carboxylic acids is 1. The molecular weight excluding hydrogens is 546 g/mol. The smallest absolute Gasteiger partial charge is 0.341 e. The first-order valence-corrected chi connectivity index (χ1v) is 14.3. The molecule has 0 aliphatic carbocycles. The Morgan fingerprint density at radius 2 is 0.698 bits per heavy atom. The zero-order valence-corrected chi connectivity index (χ0v) is 28.2. The maximum atomic E-state index is 12.5. The van der Waals surface area contributed by atoms with Gasteiger partial charge in [0.25, 0.3) is 0 Å². The van der Waals surface area contributed by atoms with Crippen LogP contribution in [0.4, 0.5) is 0 Å². The molecule has 3 aromatic rings. The molecule has 1 N–H and O–H groups in total. The third-order valence-corrected chi connectivity index (χ3v) is 7.51. The van der Waals surface area contributed by atoms with Crippen LogP contribution in [0.1, 0.15) is 119 Å². The van der Waals surface area contributed by atoms with Crippen molar-refractivity contribution in [3.8, 4) is 0 Å². The van der Waals surface area contributed by atoms with Crippen LogP contribution in [-0.4, -0.2) is 44.8 Å². The minimum absolute atomic E-state index is 0.394. The van der Waals surface area contributed by atoms with Gasteiger partial charge in [0.2, 0.25) is 6.79 Å². The lowest BCUT2D eigenvalue weighted by Gasteiger charge is -2.15. The number of aryl methyl sites for hydroxylation is 6. The van der Waals surface area contributed by atoms with Crippen LogP contribution >= 0.6 is 0 Å². The van der Waals surface area contributed by atoms with Gasteiger partial charge in [0, 0.05) is 34.2 Å². The lowest BCUT2D eigenvalue weighted by molar-refractivity contribution is -0.0169. The average molecular weight is 594 g/mol. The highest BCUT2D eigenvalue weighted by atomic mass is 16.7. The monoisotopic (exact) mass is 593 g/mol. The summed E-state index contributed by atoms with van der Waals surface area (Å²) in [5, 5.41) is 8.97. The fraction of sp³-hybridized carbons (Fsp3) is 0.471. The Hall–Kier alpha value is -4.14.